The summed E-state index contributed by atoms with van der Waals surface area (Å²) in [4.78, 5) is 28.4. The Morgan fingerprint density at radius 1 is 1.03 bits per heavy atom. The Balaban J connectivity index is 1.67. The Labute approximate surface area is 227 Å². The van der Waals surface area contributed by atoms with Crippen LogP contribution in [0.4, 0.5) is 4.39 Å². The van der Waals surface area contributed by atoms with Gasteiger partial charge in [0.15, 0.2) is 0 Å². The Kier molecular flexibility index (Phi) is 8.93. The number of carbonyl (C=O) groups excluding carboxylic acids is 2. The van der Waals surface area contributed by atoms with Gasteiger partial charge in [-0.1, -0.05) is 35.9 Å². The van der Waals surface area contributed by atoms with E-state index in [9.17, 15) is 14.0 Å². The van der Waals surface area contributed by atoms with Crippen LogP contribution in [0.2, 0.25) is 0 Å². The molecule has 2 amide bonds. The Hall–Kier alpha value is -4.24. The van der Waals surface area contributed by atoms with Crippen molar-refractivity contribution in [1.82, 2.24) is 9.91 Å². The molecule has 0 fully saturated rings. The Morgan fingerprint density at radius 3 is 2.46 bits per heavy atom. The number of hydrazone groups is 1. The van der Waals surface area contributed by atoms with Crippen LogP contribution in [-0.2, 0) is 9.53 Å². The lowest BCUT2D eigenvalue weighted by Gasteiger charge is -2.27. The highest BCUT2D eigenvalue weighted by molar-refractivity contribution is 6.05. The number of nitrogens with zero attached hydrogens (tertiary/aromatic N) is 3. The van der Waals surface area contributed by atoms with Gasteiger partial charge in [-0.3, -0.25) is 9.59 Å². The molecular formula is C30H32FN3O5. The molecule has 3 aromatic carbocycles. The van der Waals surface area contributed by atoms with Crippen LogP contribution in [0.25, 0.3) is 0 Å². The quantitative estimate of drug-likeness (QED) is 0.380. The van der Waals surface area contributed by atoms with E-state index in [0.29, 0.717) is 23.6 Å². The molecule has 0 aromatic heterocycles. The van der Waals surface area contributed by atoms with Crippen molar-refractivity contribution in [3.8, 4) is 11.5 Å². The van der Waals surface area contributed by atoms with E-state index in [1.54, 1.807) is 20.3 Å². The van der Waals surface area contributed by atoms with Crippen molar-refractivity contribution in [3.63, 3.8) is 0 Å². The third-order valence-corrected chi connectivity index (χ3v) is 6.60. The summed E-state index contributed by atoms with van der Waals surface area (Å²) < 4.78 is 29.9. The smallest absolute Gasteiger partial charge is 0.262 e. The van der Waals surface area contributed by atoms with Crippen LogP contribution in [0, 0.1) is 12.7 Å². The number of rotatable bonds is 10. The molecule has 1 unspecified atom stereocenters. The van der Waals surface area contributed by atoms with Gasteiger partial charge in [-0.2, -0.15) is 5.10 Å². The minimum absolute atomic E-state index is 0.155. The van der Waals surface area contributed by atoms with Crippen LogP contribution in [-0.4, -0.2) is 68.5 Å². The van der Waals surface area contributed by atoms with Gasteiger partial charge in [0.2, 0.25) is 0 Å². The lowest BCUT2D eigenvalue weighted by molar-refractivity contribution is -0.133. The molecule has 204 valence electrons. The number of aryl methyl sites for hydroxylation is 1. The average molecular weight is 534 g/mol. The molecule has 0 N–H and O–H groups in total. The van der Waals surface area contributed by atoms with Crippen molar-refractivity contribution in [3.05, 3.63) is 94.8 Å². The number of halogens is 1. The highest BCUT2D eigenvalue weighted by atomic mass is 19.1. The van der Waals surface area contributed by atoms with Gasteiger partial charge < -0.3 is 19.1 Å². The van der Waals surface area contributed by atoms with E-state index < -0.39 is 11.7 Å². The first-order valence-electron chi connectivity index (χ1n) is 12.6. The summed E-state index contributed by atoms with van der Waals surface area (Å²) >= 11 is 0. The summed E-state index contributed by atoms with van der Waals surface area (Å²) in [5.41, 5.74) is 3.59. The molecule has 1 heterocycles. The Bertz CT molecular complexity index is 1360. The van der Waals surface area contributed by atoms with Crippen LogP contribution < -0.4 is 9.47 Å². The molecule has 1 aliphatic rings. The first-order valence-corrected chi connectivity index (χ1v) is 12.6. The number of amides is 2. The third-order valence-electron chi connectivity index (χ3n) is 6.60. The van der Waals surface area contributed by atoms with Gasteiger partial charge in [0, 0.05) is 37.3 Å². The van der Waals surface area contributed by atoms with Gasteiger partial charge in [-0.25, -0.2) is 9.40 Å². The second-order valence-corrected chi connectivity index (χ2v) is 9.21. The first kappa shape index (κ1) is 27.8. The normalized spacial score (nSPS) is 14.6. The van der Waals surface area contributed by atoms with E-state index in [2.05, 4.69) is 0 Å². The lowest BCUT2D eigenvalue weighted by atomic mass is 9.97. The number of benzene rings is 3. The molecule has 0 radical (unpaired) electrons. The monoisotopic (exact) mass is 533 g/mol. The molecule has 1 aliphatic heterocycles. The molecular weight excluding hydrogens is 501 g/mol. The van der Waals surface area contributed by atoms with Crippen molar-refractivity contribution < 1.29 is 28.2 Å². The molecule has 8 nitrogen and oxygen atoms in total. The summed E-state index contributed by atoms with van der Waals surface area (Å²) in [7, 11) is 4.66. The molecule has 9 heteroatoms. The second kappa shape index (κ2) is 12.5. The molecule has 0 aliphatic carbocycles. The van der Waals surface area contributed by atoms with Gasteiger partial charge in [-0.05, 0) is 42.8 Å². The highest BCUT2D eigenvalue weighted by Gasteiger charge is 2.35. The molecule has 1 atom stereocenters. The molecule has 0 saturated heterocycles. The van der Waals surface area contributed by atoms with Gasteiger partial charge in [0.1, 0.15) is 23.9 Å². The van der Waals surface area contributed by atoms with Crippen LogP contribution in [0.1, 0.15) is 39.5 Å². The zero-order chi connectivity index (χ0) is 27.9. The average Bonchev–Trinajstić information content (AvgIpc) is 3.40. The molecule has 39 heavy (non-hydrogen) atoms. The molecule has 3 aromatic rings. The summed E-state index contributed by atoms with van der Waals surface area (Å²) in [6.07, 6.45) is 0.452. The maximum atomic E-state index is 13.8. The predicted octanol–water partition coefficient (Wildman–Crippen LogP) is 4.62. The van der Waals surface area contributed by atoms with Crippen LogP contribution in [0.3, 0.4) is 0 Å². The lowest BCUT2D eigenvalue weighted by Crippen LogP contribution is -2.42. The van der Waals surface area contributed by atoms with E-state index >= 15 is 0 Å². The van der Waals surface area contributed by atoms with E-state index in [4.69, 9.17) is 19.3 Å². The number of carbonyl (C=O) groups is 2. The van der Waals surface area contributed by atoms with E-state index in [1.807, 2.05) is 43.3 Å². The van der Waals surface area contributed by atoms with Crippen molar-refractivity contribution >= 4 is 17.5 Å². The number of hydrogen-bond donors (Lipinski definition) is 0. The first-order chi connectivity index (χ1) is 18.8. The highest BCUT2D eigenvalue weighted by Crippen LogP contribution is 2.36. The molecule has 0 bridgehead atoms. The van der Waals surface area contributed by atoms with Crippen LogP contribution >= 0.6 is 0 Å². The largest absolute Gasteiger partial charge is 0.497 e. The fourth-order valence-corrected chi connectivity index (χ4v) is 4.48. The van der Waals surface area contributed by atoms with Gasteiger partial charge in [-0.15, -0.1) is 0 Å². The minimum Gasteiger partial charge on any atom is -0.497 e. The van der Waals surface area contributed by atoms with Crippen molar-refractivity contribution in [2.24, 2.45) is 5.10 Å². The predicted molar refractivity (Wildman–Crippen MR) is 146 cm³/mol. The molecule has 0 spiro atoms. The number of hydrogen-bond acceptors (Lipinski definition) is 6. The summed E-state index contributed by atoms with van der Waals surface area (Å²) in [6, 6.07) is 18.4. The van der Waals surface area contributed by atoms with E-state index in [0.717, 1.165) is 22.8 Å². The second-order valence-electron chi connectivity index (χ2n) is 9.21. The Morgan fingerprint density at radius 2 is 1.79 bits per heavy atom. The van der Waals surface area contributed by atoms with Gasteiger partial charge >= 0.3 is 0 Å². The summed E-state index contributed by atoms with van der Waals surface area (Å²) in [5.74, 6) is -0.147. The SMILES string of the molecule is COCCN(CC(=O)N1N=C(c2ccc(OC)cc2OC)CC1c1ccc(C)cc1)C(=O)c1cccc(F)c1. The van der Waals surface area contributed by atoms with Crippen LogP contribution in [0.15, 0.2) is 71.8 Å². The molecule has 0 saturated carbocycles. The topological polar surface area (TPSA) is 80.7 Å². The zero-order valence-electron chi connectivity index (χ0n) is 22.5. The van der Waals surface area contributed by atoms with Gasteiger partial charge in [0.25, 0.3) is 11.8 Å². The van der Waals surface area contributed by atoms with Gasteiger partial charge in [0.05, 0.1) is 32.6 Å². The minimum atomic E-state index is -0.527. The molecule has 4 rings (SSSR count). The van der Waals surface area contributed by atoms with Crippen molar-refractivity contribution in [2.75, 3.05) is 41.0 Å². The number of methoxy groups -OCH3 is 3. The maximum absolute atomic E-state index is 13.8. The summed E-state index contributed by atoms with van der Waals surface area (Å²) in [6.45, 7) is 2.12. The fraction of sp³-hybridized carbons (Fsp3) is 0.300. The van der Waals surface area contributed by atoms with Crippen molar-refractivity contribution in [1.29, 1.82) is 0 Å². The van der Waals surface area contributed by atoms with Crippen LogP contribution in [0.5, 0.6) is 11.5 Å². The maximum Gasteiger partial charge on any atom is 0.262 e. The van der Waals surface area contributed by atoms with E-state index in [-0.39, 0.29) is 37.2 Å². The third kappa shape index (κ3) is 6.43. The fourth-order valence-electron chi connectivity index (χ4n) is 4.48. The van der Waals surface area contributed by atoms with Crippen molar-refractivity contribution in [2.45, 2.75) is 19.4 Å². The summed E-state index contributed by atoms with van der Waals surface area (Å²) in [5, 5.41) is 6.17. The number of ether oxygens (including phenoxy) is 3. The zero-order valence-corrected chi connectivity index (χ0v) is 22.5. The van der Waals surface area contributed by atoms with E-state index in [1.165, 1.54) is 35.2 Å². The standard InChI is InChI=1S/C30H32FN3O5/c1-20-8-10-21(11-9-20)27-18-26(25-13-12-24(38-3)17-28(25)39-4)32-34(27)29(35)19-33(14-15-37-2)30(36)22-6-5-7-23(31)16-22/h5-13,16-17,27H,14-15,18-19H2,1-4H3.